The summed E-state index contributed by atoms with van der Waals surface area (Å²) in [5, 5.41) is 0. The van der Waals surface area contributed by atoms with E-state index in [2.05, 4.69) is 34.7 Å². The second kappa shape index (κ2) is 5.07. The molecule has 0 radical (unpaired) electrons. The fourth-order valence-corrected chi connectivity index (χ4v) is 2.54. The van der Waals surface area contributed by atoms with Gasteiger partial charge >= 0.3 is 0 Å². The molecule has 17 heavy (non-hydrogen) atoms. The topological polar surface area (TPSA) is 3.24 Å². The van der Waals surface area contributed by atoms with Crippen molar-refractivity contribution in [3.8, 4) is 0 Å². The lowest BCUT2D eigenvalue weighted by Gasteiger charge is -2.36. The summed E-state index contributed by atoms with van der Waals surface area (Å²) in [4.78, 5) is 2.34. The van der Waals surface area contributed by atoms with E-state index < -0.39 is 0 Å². The maximum absolute atomic E-state index is 13.7. The average molecular weight is 300 g/mol. The van der Waals surface area contributed by atoms with Crippen LogP contribution in [0.25, 0.3) is 0 Å². The Morgan fingerprint density at radius 3 is 2.53 bits per heavy atom. The van der Waals surface area contributed by atoms with E-state index in [0.717, 1.165) is 29.7 Å². The molecular formula is C14H19BrFN. The molecule has 0 saturated carbocycles. The van der Waals surface area contributed by atoms with Crippen LogP contribution in [0.4, 0.5) is 4.39 Å². The molecule has 1 saturated heterocycles. The predicted octanol–water partition coefficient (Wildman–Crippen LogP) is 4.21. The van der Waals surface area contributed by atoms with Gasteiger partial charge in [-0.3, -0.25) is 4.90 Å². The maximum Gasteiger partial charge on any atom is 0.128 e. The third kappa shape index (κ3) is 3.52. The molecule has 0 unspecified atom stereocenters. The standard InChI is InChI=1S/C14H19BrFN/c1-14(2)5-7-17(8-6-14)10-11-3-4-12(15)9-13(11)16/h3-4,9H,5-8,10H2,1-2H3. The Balaban J connectivity index is 1.98. The molecule has 1 aromatic carbocycles. The van der Waals surface area contributed by atoms with E-state index in [-0.39, 0.29) is 5.82 Å². The van der Waals surface area contributed by atoms with Gasteiger partial charge in [0.2, 0.25) is 0 Å². The van der Waals surface area contributed by atoms with Crippen molar-refractivity contribution < 1.29 is 4.39 Å². The third-order valence-corrected chi connectivity index (χ3v) is 4.11. The summed E-state index contributed by atoms with van der Waals surface area (Å²) in [6.07, 6.45) is 2.40. The van der Waals surface area contributed by atoms with Crippen LogP contribution < -0.4 is 0 Å². The summed E-state index contributed by atoms with van der Waals surface area (Å²) < 4.78 is 14.5. The van der Waals surface area contributed by atoms with Crippen LogP contribution in [0.15, 0.2) is 22.7 Å². The lowest BCUT2D eigenvalue weighted by atomic mass is 9.82. The number of rotatable bonds is 2. The zero-order valence-corrected chi connectivity index (χ0v) is 12.1. The van der Waals surface area contributed by atoms with E-state index in [1.165, 1.54) is 12.8 Å². The van der Waals surface area contributed by atoms with E-state index in [9.17, 15) is 4.39 Å². The number of benzene rings is 1. The van der Waals surface area contributed by atoms with Crippen LogP contribution in [-0.4, -0.2) is 18.0 Å². The molecule has 0 amide bonds. The summed E-state index contributed by atoms with van der Waals surface area (Å²) in [7, 11) is 0. The van der Waals surface area contributed by atoms with Gasteiger partial charge in [0.25, 0.3) is 0 Å². The van der Waals surface area contributed by atoms with Gasteiger partial charge in [-0.15, -0.1) is 0 Å². The summed E-state index contributed by atoms with van der Waals surface area (Å²) in [6.45, 7) is 7.50. The van der Waals surface area contributed by atoms with Crippen molar-refractivity contribution in [2.24, 2.45) is 5.41 Å². The van der Waals surface area contributed by atoms with Crippen LogP contribution in [-0.2, 0) is 6.54 Å². The van der Waals surface area contributed by atoms with Gasteiger partial charge in [0.05, 0.1) is 0 Å². The SMILES string of the molecule is CC1(C)CCN(Cc2ccc(Br)cc2F)CC1. The molecule has 1 aromatic rings. The number of hydrogen-bond donors (Lipinski definition) is 0. The van der Waals surface area contributed by atoms with Crippen molar-refractivity contribution in [1.29, 1.82) is 0 Å². The van der Waals surface area contributed by atoms with Crippen LogP contribution in [0.2, 0.25) is 0 Å². The van der Waals surface area contributed by atoms with E-state index in [0.29, 0.717) is 5.41 Å². The van der Waals surface area contributed by atoms with Crippen LogP contribution in [0, 0.1) is 11.2 Å². The molecule has 1 heterocycles. The number of piperidine rings is 1. The average Bonchev–Trinajstić information content (AvgIpc) is 2.25. The molecule has 94 valence electrons. The van der Waals surface area contributed by atoms with Gasteiger partial charge in [-0.05, 0) is 43.5 Å². The highest BCUT2D eigenvalue weighted by Crippen LogP contribution is 2.30. The van der Waals surface area contributed by atoms with Crippen molar-refractivity contribution >= 4 is 15.9 Å². The zero-order chi connectivity index (χ0) is 12.5. The summed E-state index contributed by atoms with van der Waals surface area (Å²) >= 11 is 3.28. The number of halogens is 2. The smallest absolute Gasteiger partial charge is 0.128 e. The van der Waals surface area contributed by atoms with Gasteiger partial charge in [0.15, 0.2) is 0 Å². The van der Waals surface area contributed by atoms with E-state index in [1.54, 1.807) is 6.07 Å². The first-order valence-corrected chi connectivity index (χ1v) is 6.92. The first-order valence-electron chi connectivity index (χ1n) is 6.13. The molecule has 0 atom stereocenters. The first kappa shape index (κ1) is 13.0. The van der Waals surface area contributed by atoms with Crippen LogP contribution in [0.3, 0.4) is 0 Å². The summed E-state index contributed by atoms with van der Waals surface area (Å²) in [5.41, 5.74) is 1.25. The van der Waals surface area contributed by atoms with Crippen molar-refractivity contribution in [3.63, 3.8) is 0 Å². The highest BCUT2D eigenvalue weighted by atomic mass is 79.9. The number of hydrogen-bond acceptors (Lipinski definition) is 1. The Bertz CT molecular complexity index is 393. The first-order chi connectivity index (χ1) is 7.96. The summed E-state index contributed by atoms with van der Waals surface area (Å²) in [5.74, 6) is -0.107. The second-order valence-electron chi connectivity index (χ2n) is 5.68. The molecule has 0 bridgehead atoms. The number of likely N-dealkylation sites (tertiary alicyclic amines) is 1. The van der Waals surface area contributed by atoms with Gasteiger partial charge in [-0.2, -0.15) is 0 Å². The van der Waals surface area contributed by atoms with Crippen molar-refractivity contribution in [2.75, 3.05) is 13.1 Å². The Kier molecular flexibility index (Phi) is 3.88. The van der Waals surface area contributed by atoms with Gasteiger partial charge in [0, 0.05) is 16.6 Å². The Morgan fingerprint density at radius 2 is 1.94 bits per heavy atom. The molecule has 1 aliphatic heterocycles. The lowest BCUT2D eigenvalue weighted by Crippen LogP contribution is -2.36. The molecule has 0 spiro atoms. The molecular weight excluding hydrogens is 281 g/mol. The molecule has 1 aliphatic rings. The minimum atomic E-state index is -0.107. The van der Waals surface area contributed by atoms with Crippen molar-refractivity contribution in [3.05, 3.63) is 34.1 Å². The number of nitrogens with zero attached hydrogens (tertiary/aromatic N) is 1. The van der Waals surface area contributed by atoms with Gasteiger partial charge in [0.1, 0.15) is 5.82 Å². The highest BCUT2D eigenvalue weighted by Gasteiger charge is 2.25. The predicted molar refractivity (Wildman–Crippen MR) is 72.4 cm³/mol. The molecule has 0 N–H and O–H groups in total. The molecule has 3 heteroatoms. The fraction of sp³-hybridized carbons (Fsp3) is 0.571. The minimum Gasteiger partial charge on any atom is -0.299 e. The minimum absolute atomic E-state index is 0.107. The third-order valence-electron chi connectivity index (χ3n) is 3.62. The van der Waals surface area contributed by atoms with Crippen LogP contribution in [0.5, 0.6) is 0 Å². The van der Waals surface area contributed by atoms with Gasteiger partial charge < -0.3 is 0 Å². The van der Waals surface area contributed by atoms with Crippen molar-refractivity contribution in [1.82, 2.24) is 4.90 Å². The summed E-state index contributed by atoms with van der Waals surface area (Å²) in [6, 6.07) is 5.33. The second-order valence-corrected chi connectivity index (χ2v) is 6.59. The fourth-order valence-electron chi connectivity index (χ4n) is 2.21. The molecule has 1 fully saturated rings. The Hall–Kier alpha value is -0.410. The lowest BCUT2D eigenvalue weighted by molar-refractivity contribution is 0.126. The highest BCUT2D eigenvalue weighted by molar-refractivity contribution is 9.10. The van der Waals surface area contributed by atoms with Crippen molar-refractivity contribution in [2.45, 2.75) is 33.2 Å². The zero-order valence-electron chi connectivity index (χ0n) is 10.5. The normalized spacial score (nSPS) is 20.5. The molecule has 2 rings (SSSR count). The van der Waals surface area contributed by atoms with E-state index >= 15 is 0 Å². The largest absolute Gasteiger partial charge is 0.299 e. The van der Waals surface area contributed by atoms with E-state index in [4.69, 9.17) is 0 Å². The Morgan fingerprint density at radius 1 is 1.29 bits per heavy atom. The molecule has 0 aromatic heterocycles. The van der Waals surface area contributed by atoms with E-state index in [1.807, 2.05) is 12.1 Å². The van der Waals surface area contributed by atoms with Gasteiger partial charge in [-0.25, -0.2) is 4.39 Å². The molecule has 1 nitrogen and oxygen atoms in total. The van der Waals surface area contributed by atoms with Crippen LogP contribution in [0.1, 0.15) is 32.3 Å². The maximum atomic E-state index is 13.7. The van der Waals surface area contributed by atoms with Crippen LogP contribution >= 0.6 is 15.9 Å². The monoisotopic (exact) mass is 299 g/mol. The molecule has 0 aliphatic carbocycles. The Labute approximate surface area is 111 Å². The quantitative estimate of drug-likeness (QED) is 0.791. The van der Waals surface area contributed by atoms with Gasteiger partial charge in [-0.1, -0.05) is 35.8 Å².